The molecule has 0 spiro atoms. The van der Waals surface area contributed by atoms with Gasteiger partial charge in [0, 0.05) is 19.8 Å². The second-order valence-electron chi connectivity index (χ2n) is 6.63. The van der Waals surface area contributed by atoms with E-state index in [1.54, 1.807) is 4.57 Å². The molecule has 1 N–H and O–H groups in total. The SMILES string of the molecule is CCCCCCCCCCCCOCCCNC(=O)Cn1cnnc1. The number of carbonyl (C=O) groups excluding carboxylic acids is 1. The summed E-state index contributed by atoms with van der Waals surface area (Å²) < 4.78 is 7.27. The van der Waals surface area contributed by atoms with Crippen LogP contribution in [0.1, 0.15) is 77.6 Å². The summed E-state index contributed by atoms with van der Waals surface area (Å²) in [5.41, 5.74) is 0. The van der Waals surface area contributed by atoms with Gasteiger partial charge in [-0.3, -0.25) is 4.79 Å². The van der Waals surface area contributed by atoms with E-state index < -0.39 is 0 Å². The molecule has 6 heteroatoms. The minimum atomic E-state index is -0.0190. The van der Waals surface area contributed by atoms with Gasteiger partial charge in [0.15, 0.2) is 0 Å². The second-order valence-corrected chi connectivity index (χ2v) is 6.63. The molecule has 1 aromatic rings. The normalized spacial score (nSPS) is 10.9. The van der Waals surface area contributed by atoms with E-state index in [0.717, 1.165) is 19.4 Å². The molecule has 1 rings (SSSR count). The molecule has 0 bridgehead atoms. The number of unbranched alkanes of at least 4 members (excludes halogenated alkanes) is 9. The molecule has 0 aliphatic rings. The zero-order valence-electron chi connectivity index (χ0n) is 15.9. The van der Waals surface area contributed by atoms with Crippen LogP contribution in [0.5, 0.6) is 0 Å². The van der Waals surface area contributed by atoms with Gasteiger partial charge in [-0.1, -0.05) is 64.7 Å². The number of ether oxygens (including phenoxy) is 1. The van der Waals surface area contributed by atoms with Crippen LogP contribution in [0.4, 0.5) is 0 Å². The Morgan fingerprint density at radius 3 is 2.08 bits per heavy atom. The average molecular weight is 353 g/mol. The third-order valence-corrected chi connectivity index (χ3v) is 4.22. The van der Waals surface area contributed by atoms with E-state index in [0.29, 0.717) is 13.2 Å². The van der Waals surface area contributed by atoms with Gasteiger partial charge < -0.3 is 14.6 Å². The van der Waals surface area contributed by atoms with Gasteiger partial charge in [0.2, 0.25) is 5.91 Å². The second kappa shape index (κ2) is 16.1. The van der Waals surface area contributed by atoms with Crippen molar-refractivity contribution in [2.24, 2.45) is 0 Å². The highest BCUT2D eigenvalue weighted by Crippen LogP contribution is 2.10. The maximum Gasteiger partial charge on any atom is 0.240 e. The van der Waals surface area contributed by atoms with E-state index in [2.05, 4.69) is 22.4 Å². The van der Waals surface area contributed by atoms with Crippen LogP contribution in [0, 0.1) is 0 Å². The molecule has 0 saturated carbocycles. The summed E-state index contributed by atoms with van der Waals surface area (Å²) in [5, 5.41) is 10.2. The van der Waals surface area contributed by atoms with Crippen molar-refractivity contribution in [2.75, 3.05) is 19.8 Å². The molecule has 0 fully saturated rings. The standard InChI is InChI=1S/C19H36N4O2/c1-2-3-4-5-6-7-8-9-10-11-14-25-15-12-13-20-19(24)16-23-17-21-22-18-23/h17-18H,2-16H2,1H3,(H,20,24). The first kappa shape index (κ1) is 21.6. The fraction of sp³-hybridized carbons (Fsp3) is 0.842. The summed E-state index contributed by atoms with van der Waals surface area (Å²) in [7, 11) is 0. The van der Waals surface area contributed by atoms with Gasteiger partial charge in [-0.15, -0.1) is 10.2 Å². The van der Waals surface area contributed by atoms with Gasteiger partial charge in [0.25, 0.3) is 0 Å². The molecule has 0 aromatic carbocycles. The molecular formula is C19H36N4O2. The van der Waals surface area contributed by atoms with Crippen LogP contribution in [-0.2, 0) is 16.1 Å². The fourth-order valence-electron chi connectivity index (χ4n) is 2.72. The maximum absolute atomic E-state index is 11.6. The Hall–Kier alpha value is -1.43. The summed E-state index contributed by atoms with van der Waals surface area (Å²) in [6, 6.07) is 0. The largest absolute Gasteiger partial charge is 0.381 e. The lowest BCUT2D eigenvalue weighted by atomic mass is 10.1. The van der Waals surface area contributed by atoms with Crippen molar-refractivity contribution in [3.63, 3.8) is 0 Å². The molecule has 1 aromatic heterocycles. The van der Waals surface area contributed by atoms with Crippen LogP contribution in [0.2, 0.25) is 0 Å². The third-order valence-electron chi connectivity index (χ3n) is 4.22. The smallest absolute Gasteiger partial charge is 0.240 e. The van der Waals surface area contributed by atoms with Crippen molar-refractivity contribution in [3.8, 4) is 0 Å². The lowest BCUT2D eigenvalue weighted by Gasteiger charge is -2.06. The number of amides is 1. The van der Waals surface area contributed by atoms with E-state index in [4.69, 9.17) is 4.74 Å². The molecule has 0 unspecified atom stereocenters. The summed E-state index contributed by atoms with van der Waals surface area (Å²) in [5.74, 6) is -0.0190. The first-order valence-electron chi connectivity index (χ1n) is 9.99. The molecule has 144 valence electrons. The Bertz CT molecular complexity index is 410. The maximum atomic E-state index is 11.6. The van der Waals surface area contributed by atoms with Crippen LogP contribution >= 0.6 is 0 Å². The summed E-state index contributed by atoms with van der Waals surface area (Å²) in [4.78, 5) is 11.6. The highest BCUT2D eigenvalue weighted by molar-refractivity contribution is 5.75. The molecule has 1 heterocycles. The van der Waals surface area contributed by atoms with Crippen molar-refractivity contribution in [1.29, 1.82) is 0 Å². The minimum Gasteiger partial charge on any atom is -0.381 e. The lowest BCUT2D eigenvalue weighted by Crippen LogP contribution is -2.28. The number of carbonyl (C=O) groups is 1. The minimum absolute atomic E-state index is 0.0190. The molecule has 25 heavy (non-hydrogen) atoms. The highest BCUT2D eigenvalue weighted by Gasteiger charge is 2.01. The monoisotopic (exact) mass is 352 g/mol. The molecule has 1 amide bonds. The number of aromatic nitrogens is 3. The van der Waals surface area contributed by atoms with Crippen molar-refractivity contribution < 1.29 is 9.53 Å². The van der Waals surface area contributed by atoms with Gasteiger partial charge in [-0.25, -0.2) is 0 Å². The summed E-state index contributed by atoms with van der Waals surface area (Å²) in [6.45, 7) is 4.74. The first-order chi connectivity index (χ1) is 12.3. The Kier molecular flexibility index (Phi) is 13.9. The molecule has 0 saturated heterocycles. The van der Waals surface area contributed by atoms with Crippen LogP contribution in [0.3, 0.4) is 0 Å². The van der Waals surface area contributed by atoms with Crippen molar-refractivity contribution in [1.82, 2.24) is 20.1 Å². The quantitative estimate of drug-likeness (QED) is 0.434. The van der Waals surface area contributed by atoms with Gasteiger partial charge >= 0.3 is 0 Å². The van der Waals surface area contributed by atoms with E-state index in [9.17, 15) is 4.79 Å². The number of hydrogen-bond acceptors (Lipinski definition) is 4. The van der Waals surface area contributed by atoms with E-state index in [1.807, 2.05) is 0 Å². The average Bonchev–Trinajstić information content (AvgIpc) is 3.11. The van der Waals surface area contributed by atoms with Gasteiger partial charge in [-0.05, 0) is 12.8 Å². The Balaban J connectivity index is 1.74. The predicted octanol–water partition coefficient (Wildman–Crippen LogP) is 3.72. The lowest BCUT2D eigenvalue weighted by molar-refractivity contribution is -0.121. The number of nitrogens with zero attached hydrogens (tertiary/aromatic N) is 3. The fourth-order valence-corrected chi connectivity index (χ4v) is 2.72. The summed E-state index contributed by atoms with van der Waals surface area (Å²) >= 11 is 0. The van der Waals surface area contributed by atoms with E-state index in [-0.39, 0.29) is 12.5 Å². The number of nitrogens with one attached hydrogen (secondary N) is 1. The van der Waals surface area contributed by atoms with Crippen molar-refractivity contribution in [3.05, 3.63) is 12.7 Å². The van der Waals surface area contributed by atoms with Gasteiger partial charge in [0.05, 0.1) is 0 Å². The van der Waals surface area contributed by atoms with E-state index >= 15 is 0 Å². The van der Waals surface area contributed by atoms with E-state index in [1.165, 1.54) is 70.4 Å². The molecule has 0 atom stereocenters. The van der Waals surface area contributed by atoms with Crippen LogP contribution in [-0.4, -0.2) is 40.4 Å². The van der Waals surface area contributed by atoms with Crippen LogP contribution < -0.4 is 5.32 Å². The van der Waals surface area contributed by atoms with Crippen LogP contribution in [0.15, 0.2) is 12.7 Å². The first-order valence-corrected chi connectivity index (χ1v) is 9.99. The number of hydrogen-bond donors (Lipinski definition) is 1. The van der Waals surface area contributed by atoms with Crippen LogP contribution in [0.25, 0.3) is 0 Å². The summed E-state index contributed by atoms with van der Waals surface area (Å²) in [6.07, 6.45) is 17.4. The zero-order chi connectivity index (χ0) is 18.0. The topological polar surface area (TPSA) is 69.0 Å². The highest BCUT2D eigenvalue weighted by atomic mass is 16.5. The predicted molar refractivity (Wildman–Crippen MR) is 100 cm³/mol. The molecular weight excluding hydrogens is 316 g/mol. The Morgan fingerprint density at radius 1 is 0.880 bits per heavy atom. The molecule has 0 aliphatic carbocycles. The molecule has 0 aliphatic heterocycles. The number of rotatable bonds is 17. The zero-order valence-corrected chi connectivity index (χ0v) is 15.9. The Labute approximate surface area is 152 Å². The molecule has 6 nitrogen and oxygen atoms in total. The van der Waals surface area contributed by atoms with Crippen molar-refractivity contribution >= 4 is 5.91 Å². The third kappa shape index (κ3) is 13.5. The van der Waals surface area contributed by atoms with Crippen molar-refractivity contribution in [2.45, 2.75) is 84.1 Å². The Morgan fingerprint density at radius 2 is 1.44 bits per heavy atom. The van der Waals surface area contributed by atoms with Gasteiger partial charge in [0.1, 0.15) is 19.2 Å². The van der Waals surface area contributed by atoms with Gasteiger partial charge in [-0.2, -0.15) is 0 Å². The molecule has 0 radical (unpaired) electrons.